The Morgan fingerprint density at radius 3 is 2.58 bits per heavy atom. The first-order chi connectivity index (χ1) is 11.5. The summed E-state index contributed by atoms with van der Waals surface area (Å²) in [6.45, 7) is 4.51. The van der Waals surface area contributed by atoms with Crippen LogP contribution in [-0.2, 0) is 6.61 Å². The minimum atomic E-state index is 0.209. The van der Waals surface area contributed by atoms with Gasteiger partial charge in [0.15, 0.2) is 6.61 Å². The molecule has 4 nitrogen and oxygen atoms in total. The van der Waals surface area contributed by atoms with E-state index in [2.05, 4.69) is 52.1 Å². The van der Waals surface area contributed by atoms with Crippen molar-refractivity contribution in [2.75, 3.05) is 0 Å². The molecule has 0 aliphatic carbocycles. The Hall–Kier alpha value is -1.85. The molecule has 0 aliphatic heterocycles. The molecule has 2 aromatic carbocycles. The summed E-state index contributed by atoms with van der Waals surface area (Å²) in [5, 5.41) is 4.63. The summed E-state index contributed by atoms with van der Waals surface area (Å²) in [5.41, 5.74) is 2.09. The SMILES string of the molecule is CC(C)c1ccc(OCc2nc(-c3ccc(Cl)cc3)no2)c(Br)c1. The van der Waals surface area contributed by atoms with Gasteiger partial charge in [0.05, 0.1) is 4.47 Å². The van der Waals surface area contributed by atoms with E-state index in [9.17, 15) is 0 Å². The second-order valence-electron chi connectivity index (χ2n) is 5.65. The molecule has 124 valence electrons. The van der Waals surface area contributed by atoms with Gasteiger partial charge in [-0.25, -0.2) is 0 Å². The monoisotopic (exact) mass is 406 g/mol. The van der Waals surface area contributed by atoms with Crippen molar-refractivity contribution in [2.24, 2.45) is 0 Å². The lowest BCUT2D eigenvalue weighted by atomic mass is 10.0. The average Bonchev–Trinajstić information content (AvgIpc) is 3.03. The quantitative estimate of drug-likeness (QED) is 0.532. The van der Waals surface area contributed by atoms with E-state index in [1.165, 1.54) is 5.56 Å². The molecule has 0 amide bonds. The molecule has 0 saturated carbocycles. The van der Waals surface area contributed by atoms with Crippen molar-refractivity contribution >= 4 is 27.5 Å². The van der Waals surface area contributed by atoms with E-state index in [-0.39, 0.29) is 6.61 Å². The second kappa shape index (κ2) is 7.36. The number of halogens is 2. The zero-order valence-corrected chi connectivity index (χ0v) is 15.6. The highest BCUT2D eigenvalue weighted by atomic mass is 79.9. The van der Waals surface area contributed by atoms with Crippen LogP contribution in [0.3, 0.4) is 0 Å². The Bertz CT molecular complexity index is 831. The lowest BCUT2D eigenvalue weighted by Gasteiger charge is -2.10. The maximum Gasteiger partial charge on any atom is 0.264 e. The molecule has 0 saturated heterocycles. The lowest BCUT2D eigenvalue weighted by molar-refractivity contribution is 0.241. The van der Waals surface area contributed by atoms with Gasteiger partial charge in [-0.05, 0) is 63.8 Å². The number of nitrogens with zero attached hydrogens (tertiary/aromatic N) is 2. The molecular weight excluding hydrogens is 392 g/mol. The topological polar surface area (TPSA) is 48.2 Å². The number of ether oxygens (including phenoxy) is 1. The first kappa shape index (κ1) is 17.0. The third-order valence-corrected chi connectivity index (χ3v) is 4.42. The van der Waals surface area contributed by atoms with Crippen molar-refractivity contribution in [2.45, 2.75) is 26.4 Å². The Kier molecular flexibility index (Phi) is 5.21. The van der Waals surface area contributed by atoms with Crippen LogP contribution in [0.25, 0.3) is 11.4 Å². The minimum Gasteiger partial charge on any atom is -0.483 e. The van der Waals surface area contributed by atoms with Crippen molar-refractivity contribution < 1.29 is 9.26 Å². The smallest absolute Gasteiger partial charge is 0.264 e. The number of hydrogen-bond donors (Lipinski definition) is 0. The fourth-order valence-electron chi connectivity index (χ4n) is 2.16. The zero-order valence-electron chi connectivity index (χ0n) is 13.3. The molecule has 0 N–H and O–H groups in total. The van der Waals surface area contributed by atoms with Gasteiger partial charge in [0.2, 0.25) is 5.82 Å². The Labute approximate surface area is 153 Å². The van der Waals surface area contributed by atoms with Gasteiger partial charge in [-0.1, -0.05) is 36.7 Å². The van der Waals surface area contributed by atoms with Gasteiger partial charge < -0.3 is 9.26 Å². The largest absolute Gasteiger partial charge is 0.483 e. The third-order valence-electron chi connectivity index (χ3n) is 3.54. The second-order valence-corrected chi connectivity index (χ2v) is 6.94. The fraction of sp³-hybridized carbons (Fsp3) is 0.222. The fourth-order valence-corrected chi connectivity index (χ4v) is 2.80. The van der Waals surface area contributed by atoms with Gasteiger partial charge in [0, 0.05) is 10.6 Å². The maximum absolute atomic E-state index is 5.88. The molecule has 1 aromatic heterocycles. The summed E-state index contributed by atoms with van der Waals surface area (Å²) in [6, 6.07) is 13.3. The average molecular weight is 408 g/mol. The zero-order chi connectivity index (χ0) is 17.1. The summed E-state index contributed by atoms with van der Waals surface area (Å²) in [6.07, 6.45) is 0. The minimum absolute atomic E-state index is 0.209. The third kappa shape index (κ3) is 3.97. The van der Waals surface area contributed by atoms with E-state index in [1.807, 2.05) is 18.2 Å². The number of rotatable bonds is 5. The van der Waals surface area contributed by atoms with Crippen LogP contribution in [0.2, 0.25) is 5.02 Å². The van der Waals surface area contributed by atoms with Crippen LogP contribution in [0.15, 0.2) is 51.5 Å². The molecule has 3 aromatic rings. The Morgan fingerprint density at radius 2 is 1.92 bits per heavy atom. The van der Waals surface area contributed by atoms with Crippen molar-refractivity contribution in [3.05, 3.63) is 63.4 Å². The molecule has 0 spiro atoms. The van der Waals surface area contributed by atoms with Crippen LogP contribution in [0.1, 0.15) is 31.2 Å². The molecular formula is C18H16BrClN2O2. The number of aromatic nitrogens is 2. The van der Waals surface area contributed by atoms with Crippen LogP contribution < -0.4 is 4.74 Å². The standard InChI is InChI=1S/C18H16BrClN2O2/c1-11(2)13-5-8-16(15(19)9-13)23-10-17-21-18(22-24-17)12-3-6-14(20)7-4-12/h3-9,11H,10H2,1-2H3. The Morgan fingerprint density at radius 1 is 1.17 bits per heavy atom. The van der Waals surface area contributed by atoms with Gasteiger partial charge in [0.1, 0.15) is 5.75 Å². The van der Waals surface area contributed by atoms with Crippen molar-refractivity contribution in [3.63, 3.8) is 0 Å². The highest BCUT2D eigenvalue weighted by Gasteiger charge is 2.11. The van der Waals surface area contributed by atoms with E-state index in [1.54, 1.807) is 12.1 Å². The van der Waals surface area contributed by atoms with Gasteiger partial charge in [0.25, 0.3) is 5.89 Å². The molecule has 1 heterocycles. The lowest BCUT2D eigenvalue weighted by Crippen LogP contribution is -1.97. The van der Waals surface area contributed by atoms with E-state index >= 15 is 0 Å². The van der Waals surface area contributed by atoms with Crippen molar-refractivity contribution in [3.8, 4) is 17.1 Å². The van der Waals surface area contributed by atoms with E-state index in [0.717, 1.165) is 15.8 Å². The van der Waals surface area contributed by atoms with Crippen molar-refractivity contribution in [1.82, 2.24) is 10.1 Å². The summed E-state index contributed by atoms with van der Waals surface area (Å²) in [4.78, 5) is 4.34. The molecule has 0 radical (unpaired) electrons. The van der Waals surface area contributed by atoms with Crippen LogP contribution in [0.5, 0.6) is 5.75 Å². The van der Waals surface area contributed by atoms with Gasteiger partial charge >= 0.3 is 0 Å². The van der Waals surface area contributed by atoms with E-state index in [4.69, 9.17) is 20.9 Å². The van der Waals surface area contributed by atoms with E-state index < -0.39 is 0 Å². The summed E-state index contributed by atoms with van der Waals surface area (Å²) >= 11 is 9.41. The van der Waals surface area contributed by atoms with Gasteiger partial charge in [-0.3, -0.25) is 0 Å². The normalized spacial score (nSPS) is 11.0. The van der Waals surface area contributed by atoms with Gasteiger partial charge in [-0.2, -0.15) is 4.98 Å². The molecule has 0 unspecified atom stereocenters. The summed E-state index contributed by atoms with van der Waals surface area (Å²) in [5.74, 6) is 2.14. The highest BCUT2D eigenvalue weighted by molar-refractivity contribution is 9.10. The Balaban J connectivity index is 1.68. The predicted octanol–water partition coefficient (Wildman–Crippen LogP) is 5.85. The van der Waals surface area contributed by atoms with Crippen LogP contribution in [0, 0.1) is 0 Å². The molecule has 0 bridgehead atoms. The predicted molar refractivity (Wildman–Crippen MR) is 97.3 cm³/mol. The summed E-state index contributed by atoms with van der Waals surface area (Å²) in [7, 11) is 0. The first-order valence-electron chi connectivity index (χ1n) is 7.53. The maximum atomic E-state index is 5.88. The molecule has 6 heteroatoms. The van der Waals surface area contributed by atoms with Crippen LogP contribution >= 0.6 is 27.5 Å². The molecule has 0 atom stereocenters. The summed E-state index contributed by atoms with van der Waals surface area (Å²) < 4.78 is 11.9. The molecule has 0 aliphatic rings. The first-order valence-corrected chi connectivity index (χ1v) is 8.71. The highest BCUT2D eigenvalue weighted by Crippen LogP contribution is 2.29. The molecule has 3 rings (SSSR count). The van der Waals surface area contributed by atoms with Crippen LogP contribution in [0.4, 0.5) is 0 Å². The van der Waals surface area contributed by atoms with Crippen molar-refractivity contribution in [1.29, 1.82) is 0 Å². The molecule has 0 fully saturated rings. The number of hydrogen-bond acceptors (Lipinski definition) is 4. The van der Waals surface area contributed by atoms with Crippen LogP contribution in [-0.4, -0.2) is 10.1 Å². The van der Waals surface area contributed by atoms with E-state index in [0.29, 0.717) is 22.7 Å². The van der Waals surface area contributed by atoms with Gasteiger partial charge in [-0.15, -0.1) is 0 Å². The number of benzene rings is 2. The molecule has 24 heavy (non-hydrogen) atoms.